The van der Waals surface area contributed by atoms with E-state index in [1.165, 1.54) is 0 Å². The fourth-order valence-electron chi connectivity index (χ4n) is 3.92. The maximum absolute atomic E-state index is 12.7. The van der Waals surface area contributed by atoms with E-state index in [4.69, 9.17) is 4.74 Å². The number of ether oxygens (including phenoxy) is 1. The van der Waals surface area contributed by atoms with Gasteiger partial charge in [0.05, 0.1) is 12.7 Å². The largest absolute Gasteiger partial charge is 0.497 e. The predicted molar refractivity (Wildman–Crippen MR) is 111 cm³/mol. The molecule has 0 saturated carbocycles. The maximum atomic E-state index is 12.7. The summed E-state index contributed by atoms with van der Waals surface area (Å²) in [6.45, 7) is 4.02. The lowest BCUT2D eigenvalue weighted by Crippen LogP contribution is -2.44. The number of amides is 2. The monoisotopic (exact) mass is 395 g/mol. The topological polar surface area (TPSA) is 71.5 Å². The Hall–Kier alpha value is -2.89. The number of rotatable bonds is 7. The summed E-state index contributed by atoms with van der Waals surface area (Å²) in [6.07, 6.45) is 5.59. The fourth-order valence-corrected chi connectivity index (χ4v) is 3.92. The molecule has 6 heteroatoms. The Morgan fingerprint density at radius 2 is 2.00 bits per heavy atom. The molecule has 2 amide bonds. The molecule has 0 bridgehead atoms. The summed E-state index contributed by atoms with van der Waals surface area (Å²) in [4.78, 5) is 31.1. The zero-order valence-corrected chi connectivity index (χ0v) is 17.1. The Bertz CT molecular complexity index is 808. The van der Waals surface area contributed by atoms with Crippen molar-refractivity contribution in [2.45, 2.75) is 32.7 Å². The molecular weight excluding hydrogens is 366 g/mol. The number of piperidine rings is 1. The van der Waals surface area contributed by atoms with Gasteiger partial charge < -0.3 is 15.0 Å². The van der Waals surface area contributed by atoms with Crippen LogP contribution >= 0.6 is 0 Å². The van der Waals surface area contributed by atoms with Crippen molar-refractivity contribution in [2.24, 2.45) is 11.8 Å². The van der Waals surface area contributed by atoms with Gasteiger partial charge in [-0.3, -0.25) is 14.6 Å². The highest BCUT2D eigenvalue weighted by atomic mass is 16.5. The molecule has 2 atom stereocenters. The van der Waals surface area contributed by atoms with Gasteiger partial charge in [0.15, 0.2) is 0 Å². The number of methoxy groups -OCH3 is 1. The Morgan fingerprint density at radius 3 is 2.66 bits per heavy atom. The van der Waals surface area contributed by atoms with Crippen molar-refractivity contribution in [1.29, 1.82) is 0 Å². The average molecular weight is 396 g/mol. The normalized spacial score (nSPS) is 18.9. The van der Waals surface area contributed by atoms with Crippen molar-refractivity contribution < 1.29 is 14.3 Å². The van der Waals surface area contributed by atoms with E-state index in [9.17, 15) is 9.59 Å². The van der Waals surface area contributed by atoms with Gasteiger partial charge in [0, 0.05) is 38.4 Å². The maximum Gasteiger partial charge on any atom is 0.255 e. The summed E-state index contributed by atoms with van der Waals surface area (Å²) in [5, 5.41) is 3.02. The van der Waals surface area contributed by atoms with Gasteiger partial charge >= 0.3 is 0 Å². The molecule has 1 aromatic carbocycles. The summed E-state index contributed by atoms with van der Waals surface area (Å²) in [6, 6.07) is 11.3. The van der Waals surface area contributed by atoms with Crippen LogP contribution in [0.5, 0.6) is 5.75 Å². The minimum absolute atomic E-state index is 0.0268. The molecule has 6 nitrogen and oxygen atoms in total. The van der Waals surface area contributed by atoms with Crippen molar-refractivity contribution in [3.8, 4) is 5.75 Å². The molecule has 3 rings (SSSR count). The minimum atomic E-state index is 0.0268. The number of pyridine rings is 1. The molecule has 0 spiro atoms. The highest BCUT2D eigenvalue weighted by Crippen LogP contribution is 2.29. The van der Waals surface area contributed by atoms with E-state index in [2.05, 4.69) is 17.2 Å². The van der Waals surface area contributed by atoms with Gasteiger partial charge in [-0.05, 0) is 48.1 Å². The number of nitrogens with zero attached hydrogens (tertiary/aromatic N) is 2. The molecule has 0 aliphatic carbocycles. The SMILES string of the molecule is CC[C@H]1CN(C(=O)c2cccnc2)CC[C@H]1CC(=O)NCc1ccc(OC)cc1. The first-order valence-corrected chi connectivity index (χ1v) is 10.2. The summed E-state index contributed by atoms with van der Waals surface area (Å²) in [5.41, 5.74) is 1.67. The van der Waals surface area contributed by atoms with E-state index < -0.39 is 0 Å². The van der Waals surface area contributed by atoms with Crippen LogP contribution in [-0.4, -0.2) is 41.9 Å². The number of hydrogen-bond acceptors (Lipinski definition) is 4. The van der Waals surface area contributed by atoms with Gasteiger partial charge in [0.2, 0.25) is 5.91 Å². The lowest BCUT2D eigenvalue weighted by atomic mass is 9.81. The van der Waals surface area contributed by atoms with Gasteiger partial charge in [0.1, 0.15) is 5.75 Å². The second-order valence-corrected chi connectivity index (χ2v) is 7.54. The molecule has 1 fully saturated rings. The summed E-state index contributed by atoms with van der Waals surface area (Å²) in [5.74, 6) is 1.53. The molecule has 1 aliphatic heterocycles. The van der Waals surface area contributed by atoms with Gasteiger partial charge in [-0.2, -0.15) is 0 Å². The number of carbonyl (C=O) groups excluding carboxylic acids is 2. The average Bonchev–Trinajstić information content (AvgIpc) is 2.78. The number of carbonyl (C=O) groups is 2. The smallest absolute Gasteiger partial charge is 0.255 e. The number of nitrogens with one attached hydrogen (secondary N) is 1. The Balaban J connectivity index is 1.50. The van der Waals surface area contributed by atoms with Crippen molar-refractivity contribution in [3.63, 3.8) is 0 Å². The van der Waals surface area contributed by atoms with E-state index >= 15 is 0 Å². The molecular formula is C23H29N3O3. The van der Waals surface area contributed by atoms with Crippen LogP contribution in [0.4, 0.5) is 0 Å². The summed E-state index contributed by atoms with van der Waals surface area (Å²) >= 11 is 0. The van der Waals surface area contributed by atoms with Crippen molar-refractivity contribution in [2.75, 3.05) is 20.2 Å². The van der Waals surface area contributed by atoms with E-state index in [0.717, 1.165) is 24.2 Å². The van der Waals surface area contributed by atoms with Crippen LogP contribution in [0.1, 0.15) is 42.1 Å². The van der Waals surface area contributed by atoms with E-state index in [1.54, 1.807) is 31.6 Å². The molecule has 0 radical (unpaired) electrons. The molecule has 1 N–H and O–H groups in total. The van der Waals surface area contributed by atoms with Crippen molar-refractivity contribution in [3.05, 3.63) is 59.9 Å². The van der Waals surface area contributed by atoms with Crippen molar-refractivity contribution in [1.82, 2.24) is 15.2 Å². The van der Waals surface area contributed by atoms with Crippen LogP contribution in [0.15, 0.2) is 48.8 Å². The van der Waals surface area contributed by atoms with E-state index in [-0.39, 0.29) is 11.8 Å². The lowest BCUT2D eigenvalue weighted by molar-refractivity contribution is -0.123. The van der Waals surface area contributed by atoms with Gasteiger partial charge in [-0.15, -0.1) is 0 Å². The molecule has 1 aliphatic rings. The van der Waals surface area contributed by atoms with Crippen molar-refractivity contribution >= 4 is 11.8 Å². The number of aromatic nitrogens is 1. The van der Waals surface area contributed by atoms with Crippen LogP contribution in [0, 0.1) is 11.8 Å². The van der Waals surface area contributed by atoms with Gasteiger partial charge in [-0.1, -0.05) is 25.5 Å². The Kier molecular flexibility index (Phi) is 7.22. The van der Waals surface area contributed by atoms with Crippen LogP contribution in [-0.2, 0) is 11.3 Å². The zero-order chi connectivity index (χ0) is 20.6. The molecule has 0 unspecified atom stereocenters. The number of benzene rings is 1. The molecule has 154 valence electrons. The minimum Gasteiger partial charge on any atom is -0.497 e. The number of likely N-dealkylation sites (tertiary alicyclic amines) is 1. The first-order valence-electron chi connectivity index (χ1n) is 10.2. The molecule has 29 heavy (non-hydrogen) atoms. The quantitative estimate of drug-likeness (QED) is 0.781. The summed E-state index contributed by atoms with van der Waals surface area (Å²) in [7, 11) is 1.64. The second-order valence-electron chi connectivity index (χ2n) is 7.54. The van der Waals surface area contributed by atoms with Crippen LogP contribution < -0.4 is 10.1 Å². The van der Waals surface area contributed by atoms with E-state index in [1.807, 2.05) is 29.2 Å². The van der Waals surface area contributed by atoms with Crippen LogP contribution in [0.2, 0.25) is 0 Å². The highest BCUT2D eigenvalue weighted by Gasteiger charge is 2.32. The standard InChI is InChI=1S/C23H29N3O3/c1-3-18-16-26(23(28)20-5-4-11-24-15-20)12-10-19(18)13-22(27)25-14-17-6-8-21(29-2)9-7-17/h4-9,11,15,18-19H,3,10,12-14,16H2,1-2H3,(H,25,27)/t18-,19-/m0/s1. The fraction of sp³-hybridized carbons (Fsp3) is 0.435. The molecule has 1 saturated heterocycles. The number of hydrogen-bond donors (Lipinski definition) is 1. The van der Waals surface area contributed by atoms with Crippen LogP contribution in [0.25, 0.3) is 0 Å². The van der Waals surface area contributed by atoms with Crippen LogP contribution in [0.3, 0.4) is 0 Å². The Morgan fingerprint density at radius 1 is 1.21 bits per heavy atom. The third-order valence-corrected chi connectivity index (χ3v) is 5.71. The zero-order valence-electron chi connectivity index (χ0n) is 17.1. The first kappa shape index (κ1) is 20.8. The van der Waals surface area contributed by atoms with Gasteiger partial charge in [-0.25, -0.2) is 0 Å². The third kappa shape index (κ3) is 5.56. The first-order chi connectivity index (χ1) is 14.1. The Labute approximate surface area is 172 Å². The molecule has 2 heterocycles. The molecule has 2 aromatic rings. The second kappa shape index (κ2) is 10.0. The third-order valence-electron chi connectivity index (χ3n) is 5.71. The predicted octanol–water partition coefficient (Wildman–Crippen LogP) is 3.29. The highest BCUT2D eigenvalue weighted by molar-refractivity contribution is 5.94. The lowest BCUT2D eigenvalue weighted by Gasteiger charge is -2.38. The summed E-state index contributed by atoms with van der Waals surface area (Å²) < 4.78 is 5.15. The van der Waals surface area contributed by atoms with Gasteiger partial charge in [0.25, 0.3) is 5.91 Å². The molecule has 1 aromatic heterocycles. The van der Waals surface area contributed by atoms with E-state index in [0.29, 0.717) is 43.5 Å².